The van der Waals surface area contributed by atoms with Crippen molar-refractivity contribution in [2.75, 3.05) is 36.0 Å². The second kappa shape index (κ2) is 7.48. The van der Waals surface area contributed by atoms with Crippen LogP contribution in [0.4, 0.5) is 15.2 Å². The number of nitrogens with zero attached hydrogens (tertiary/aromatic N) is 4. The van der Waals surface area contributed by atoms with Crippen molar-refractivity contribution in [2.24, 2.45) is 4.99 Å². The van der Waals surface area contributed by atoms with E-state index in [2.05, 4.69) is 25.9 Å². The molecule has 1 fully saturated rings. The SMILES string of the molecule is O=C1N=c2ccc(Br)cc2=C1c1sc(N2CCN(c3ccccc3F)CC2)nc1O. The van der Waals surface area contributed by atoms with E-state index in [-0.39, 0.29) is 17.6 Å². The van der Waals surface area contributed by atoms with Gasteiger partial charge in [-0.15, -0.1) is 0 Å². The van der Waals surface area contributed by atoms with E-state index in [0.29, 0.717) is 58.0 Å². The Labute approximate surface area is 183 Å². The molecule has 3 aromatic rings. The molecule has 1 saturated heterocycles. The Bertz CT molecular complexity index is 1280. The first-order valence-corrected chi connectivity index (χ1v) is 11.0. The van der Waals surface area contributed by atoms with Crippen LogP contribution in [0.5, 0.6) is 5.88 Å². The highest BCUT2D eigenvalue weighted by Gasteiger charge is 2.28. The predicted molar refractivity (Wildman–Crippen MR) is 117 cm³/mol. The maximum absolute atomic E-state index is 14.1. The van der Waals surface area contributed by atoms with Gasteiger partial charge >= 0.3 is 0 Å². The topological polar surface area (TPSA) is 69.0 Å². The lowest BCUT2D eigenvalue weighted by Crippen LogP contribution is -2.46. The maximum Gasteiger partial charge on any atom is 0.279 e. The van der Waals surface area contributed by atoms with Crippen molar-refractivity contribution in [3.63, 3.8) is 0 Å². The lowest BCUT2D eigenvalue weighted by atomic mass is 10.1. The van der Waals surface area contributed by atoms with Crippen molar-refractivity contribution >= 4 is 49.6 Å². The third-order valence-electron chi connectivity index (χ3n) is 5.23. The number of fused-ring (bicyclic) bond motifs is 1. The minimum absolute atomic E-state index is 0.169. The molecule has 152 valence electrons. The van der Waals surface area contributed by atoms with Gasteiger partial charge in [-0.1, -0.05) is 39.4 Å². The monoisotopic (exact) mass is 486 g/mol. The third-order valence-corrected chi connectivity index (χ3v) is 6.85. The smallest absolute Gasteiger partial charge is 0.279 e. The fourth-order valence-electron chi connectivity index (χ4n) is 3.75. The summed E-state index contributed by atoms with van der Waals surface area (Å²) in [5.74, 6) is -0.777. The number of piperazine rings is 1. The lowest BCUT2D eigenvalue weighted by Gasteiger charge is -2.36. The molecule has 9 heteroatoms. The van der Waals surface area contributed by atoms with Gasteiger partial charge in [-0.25, -0.2) is 9.38 Å². The number of anilines is 2. The van der Waals surface area contributed by atoms with Gasteiger partial charge in [0.2, 0.25) is 5.88 Å². The molecule has 0 spiro atoms. The Morgan fingerprint density at radius 3 is 2.57 bits per heavy atom. The number of aromatic nitrogens is 1. The van der Waals surface area contributed by atoms with Gasteiger partial charge in [0.05, 0.1) is 16.6 Å². The molecule has 6 nitrogen and oxygen atoms in total. The van der Waals surface area contributed by atoms with E-state index in [4.69, 9.17) is 0 Å². The van der Waals surface area contributed by atoms with Gasteiger partial charge in [0, 0.05) is 35.9 Å². The van der Waals surface area contributed by atoms with Crippen LogP contribution in [0.1, 0.15) is 4.88 Å². The summed E-state index contributed by atoms with van der Waals surface area (Å²) < 4.78 is 14.9. The molecule has 0 unspecified atom stereocenters. The van der Waals surface area contributed by atoms with Crippen LogP contribution >= 0.6 is 27.3 Å². The van der Waals surface area contributed by atoms with Gasteiger partial charge < -0.3 is 14.9 Å². The Morgan fingerprint density at radius 1 is 1.07 bits per heavy atom. The zero-order valence-electron chi connectivity index (χ0n) is 15.7. The van der Waals surface area contributed by atoms with E-state index in [1.165, 1.54) is 17.4 Å². The summed E-state index contributed by atoms with van der Waals surface area (Å²) in [5, 5.41) is 12.4. The number of carbonyl (C=O) groups is 1. The molecule has 0 bridgehead atoms. The first kappa shape index (κ1) is 19.2. The van der Waals surface area contributed by atoms with Gasteiger partial charge in [0.15, 0.2) is 5.13 Å². The number of halogens is 2. The van der Waals surface area contributed by atoms with Crippen LogP contribution in [-0.2, 0) is 4.79 Å². The number of benzene rings is 2. The first-order valence-electron chi connectivity index (χ1n) is 9.39. The molecule has 1 aromatic heterocycles. The predicted octanol–water partition coefficient (Wildman–Crippen LogP) is 2.44. The van der Waals surface area contributed by atoms with Crippen LogP contribution < -0.4 is 20.4 Å². The highest BCUT2D eigenvalue weighted by atomic mass is 79.9. The van der Waals surface area contributed by atoms with Crippen molar-refractivity contribution in [2.45, 2.75) is 0 Å². The van der Waals surface area contributed by atoms with Gasteiger partial charge in [-0.3, -0.25) is 4.79 Å². The molecule has 2 aromatic carbocycles. The summed E-state index contributed by atoms with van der Waals surface area (Å²) >= 11 is 4.70. The fraction of sp³-hybridized carbons (Fsp3) is 0.190. The number of carbonyl (C=O) groups excluding carboxylic acids is 1. The van der Waals surface area contributed by atoms with Gasteiger partial charge in [-0.05, 0) is 30.3 Å². The fourth-order valence-corrected chi connectivity index (χ4v) is 5.18. The third kappa shape index (κ3) is 3.27. The highest BCUT2D eigenvalue weighted by molar-refractivity contribution is 9.10. The summed E-state index contributed by atoms with van der Waals surface area (Å²) in [6.45, 7) is 2.54. The number of hydrogen-bond donors (Lipinski definition) is 1. The summed E-state index contributed by atoms with van der Waals surface area (Å²) in [4.78, 5) is 25.4. The number of hydrogen-bond acceptors (Lipinski definition) is 6. The van der Waals surface area contributed by atoms with Crippen molar-refractivity contribution < 1.29 is 14.3 Å². The molecule has 1 N–H and O–H groups in total. The normalized spacial score (nSPS) is 16.1. The molecule has 5 rings (SSSR count). The Morgan fingerprint density at radius 2 is 1.80 bits per heavy atom. The quantitative estimate of drug-likeness (QED) is 0.615. The van der Waals surface area contributed by atoms with Crippen molar-refractivity contribution in [1.82, 2.24) is 4.98 Å². The molecular weight excluding hydrogens is 471 g/mol. The molecular formula is C21H16BrFN4O2S. The number of rotatable bonds is 3. The Kier molecular flexibility index (Phi) is 4.79. The summed E-state index contributed by atoms with van der Waals surface area (Å²) in [6, 6.07) is 12.2. The van der Waals surface area contributed by atoms with Crippen LogP contribution in [0.2, 0.25) is 0 Å². The zero-order chi connectivity index (χ0) is 20.8. The minimum Gasteiger partial charge on any atom is -0.492 e. The van der Waals surface area contributed by atoms with Crippen molar-refractivity contribution in [3.8, 4) is 5.88 Å². The van der Waals surface area contributed by atoms with E-state index < -0.39 is 0 Å². The molecule has 0 aliphatic carbocycles. The molecule has 30 heavy (non-hydrogen) atoms. The van der Waals surface area contributed by atoms with E-state index in [1.807, 2.05) is 28.0 Å². The zero-order valence-corrected chi connectivity index (χ0v) is 18.1. The molecule has 2 aliphatic rings. The second-order valence-corrected chi connectivity index (χ2v) is 8.92. The van der Waals surface area contributed by atoms with Crippen LogP contribution in [0, 0.1) is 5.82 Å². The van der Waals surface area contributed by atoms with E-state index in [1.54, 1.807) is 18.2 Å². The van der Waals surface area contributed by atoms with Gasteiger partial charge in [0.1, 0.15) is 10.7 Å². The van der Waals surface area contributed by atoms with Crippen LogP contribution in [0.25, 0.3) is 5.57 Å². The summed E-state index contributed by atoms with van der Waals surface area (Å²) in [6.07, 6.45) is 0. The van der Waals surface area contributed by atoms with Crippen molar-refractivity contribution in [1.29, 1.82) is 0 Å². The van der Waals surface area contributed by atoms with Crippen LogP contribution in [0.15, 0.2) is 51.9 Å². The number of thiazole rings is 1. The van der Waals surface area contributed by atoms with Gasteiger partial charge in [0.25, 0.3) is 5.91 Å². The average molecular weight is 487 g/mol. The summed E-state index contributed by atoms with van der Waals surface area (Å²) in [5.41, 5.74) is 0.966. The number of aromatic hydroxyl groups is 1. The van der Waals surface area contributed by atoms with Gasteiger partial charge in [-0.2, -0.15) is 4.98 Å². The van der Waals surface area contributed by atoms with Crippen LogP contribution in [-0.4, -0.2) is 42.2 Å². The van der Waals surface area contributed by atoms with E-state index >= 15 is 0 Å². The lowest BCUT2D eigenvalue weighted by molar-refractivity contribution is -0.112. The Hall–Kier alpha value is -2.78. The van der Waals surface area contributed by atoms with E-state index in [9.17, 15) is 14.3 Å². The molecule has 0 atom stereocenters. The average Bonchev–Trinajstić information content (AvgIpc) is 3.27. The Balaban J connectivity index is 1.42. The minimum atomic E-state index is -0.377. The standard InChI is InChI=1S/C21H16BrFN4O2S/c22-12-5-6-15-13(11-12)17(19(28)24-15)18-20(29)25-21(30-18)27-9-7-26(8-10-27)16-4-2-1-3-14(16)23/h1-6,11,29H,7-10H2. The molecule has 2 aliphatic heterocycles. The first-order chi connectivity index (χ1) is 14.5. The van der Waals surface area contributed by atoms with Crippen LogP contribution in [0.3, 0.4) is 0 Å². The molecule has 0 radical (unpaired) electrons. The molecule has 0 saturated carbocycles. The molecule has 1 amide bonds. The molecule has 3 heterocycles. The highest BCUT2D eigenvalue weighted by Crippen LogP contribution is 2.36. The maximum atomic E-state index is 14.1. The number of para-hydroxylation sites is 1. The van der Waals surface area contributed by atoms with E-state index in [0.717, 1.165) is 4.47 Å². The van der Waals surface area contributed by atoms with Crippen molar-refractivity contribution in [3.05, 3.63) is 68.2 Å². The summed E-state index contributed by atoms with van der Waals surface area (Å²) in [7, 11) is 0. The largest absolute Gasteiger partial charge is 0.492 e. The number of amides is 1. The second-order valence-electron chi connectivity index (χ2n) is 7.03.